The Bertz CT molecular complexity index is 996. The maximum Gasteiger partial charge on any atom is 0.228 e. The molecule has 0 radical (unpaired) electrons. The van der Waals surface area contributed by atoms with Crippen LogP contribution in [0.1, 0.15) is 11.7 Å². The average Bonchev–Trinajstić information content (AvgIpc) is 3.19. The van der Waals surface area contributed by atoms with Crippen LogP contribution < -0.4 is 0 Å². The Kier molecular flexibility index (Phi) is 3.08. The monoisotopic (exact) mass is 301 g/mol. The molecular weight excluding hydrogens is 286 g/mol. The topological polar surface area (TPSA) is 39.8 Å². The van der Waals surface area contributed by atoms with Gasteiger partial charge in [0.2, 0.25) is 5.91 Å². The number of benzene rings is 2. The highest BCUT2D eigenvalue weighted by molar-refractivity contribution is 5.97. The highest BCUT2D eigenvalue weighted by Gasteiger charge is 2.17. The maximum absolute atomic E-state index is 12.2. The first kappa shape index (κ1) is 13.5. The van der Waals surface area contributed by atoms with E-state index in [0.29, 0.717) is 0 Å². The van der Waals surface area contributed by atoms with Crippen LogP contribution in [0.5, 0.6) is 0 Å². The molecule has 0 fully saturated rings. The van der Waals surface area contributed by atoms with Crippen LogP contribution in [-0.2, 0) is 0 Å². The van der Waals surface area contributed by atoms with E-state index in [9.17, 15) is 4.79 Å². The van der Waals surface area contributed by atoms with Crippen LogP contribution in [0.2, 0.25) is 0 Å². The van der Waals surface area contributed by atoms with Gasteiger partial charge in [-0.05, 0) is 30.3 Å². The summed E-state index contributed by atoms with van der Waals surface area (Å²) in [6.45, 7) is 1.58. The number of fused-ring (bicyclic) bond motifs is 1. The normalized spacial score (nSPS) is 11.0. The van der Waals surface area contributed by atoms with Crippen molar-refractivity contribution in [1.82, 2.24) is 14.3 Å². The standard InChI is InChI=1S/C19H15N3O/c1-14(23)21-17-10-6-5-7-15(17)13-19(21)18-11-12-20-22(18)16-8-3-2-4-9-16/h2-13H,1H3. The van der Waals surface area contributed by atoms with Gasteiger partial charge in [-0.15, -0.1) is 0 Å². The first-order chi connectivity index (χ1) is 11.3. The molecule has 4 heteroatoms. The molecule has 0 saturated heterocycles. The Morgan fingerprint density at radius 1 is 0.913 bits per heavy atom. The van der Waals surface area contributed by atoms with Crippen molar-refractivity contribution < 1.29 is 4.79 Å². The molecule has 112 valence electrons. The number of nitrogens with zero attached hydrogens (tertiary/aromatic N) is 3. The van der Waals surface area contributed by atoms with E-state index in [4.69, 9.17) is 0 Å². The number of hydrogen-bond acceptors (Lipinski definition) is 2. The molecule has 4 aromatic rings. The Balaban J connectivity index is 2.00. The number of rotatable bonds is 2. The van der Waals surface area contributed by atoms with Gasteiger partial charge in [-0.2, -0.15) is 5.10 Å². The molecule has 4 nitrogen and oxygen atoms in total. The molecule has 4 rings (SSSR count). The second-order valence-corrected chi connectivity index (χ2v) is 5.41. The van der Waals surface area contributed by atoms with Gasteiger partial charge >= 0.3 is 0 Å². The summed E-state index contributed by atoms with van der Waals surface area (Å²) in [5.41, 5.74) is 3.62. The van der Waals surface area contributed by atoms with E-state index in [1.165, 1.54) is 0 Å². The first-order valence-electron chi connectivity index (χ1n) is 7.47. The number of aromatic nitrogens is 3. The van der Waals surface area contributed by atoms with Gasteiger partial charge in [0.15, 0.2) is 0 Å². The Hall–Kier alpha value is -3.14. The number of carbonyl (C=O) groups excluding carboxylic acids is 1. The molecule has 0 atom stereocenters. The van der Waals surface area contributed by atoms with Gasteiger partial charge in [0, 0.05) is 12.3 Å². The lowest BCUT2D eigenvalue weighted by molar-refractivity contribution is 0.0943. The summed E-state index contributed by atoms with van der Waals surface area (Å²) < 4.78 is 3.60. The predicted molar refractivity (Wildman–Crippen MR) is 90.8 cm³/mol. The lowest BCUT2D eigenvalue weighted by Crippen LogP contribution is -2.09. The van der Waals surface area contributed by atoms with E-state index < -0.39 is 0 Å². The van der Waals surface area contributed by atoms with E-state index in [1.54, 1.807) is 17.7 Å². The van der Waals surface area contributed by atoms with Crippen molar-refractivity contribution in [3.05, 3.63) is 72.9 Å². The second-order valence-electron chi connectivity index (χ2n) is 5.41. The van der Waals surface area contributed by atoms with Gasteiger partial charge in [0.1, 0.15) is 0 Å². The van der Waals surface area contributed by atoms with Crippen LogP contribution in [0.15, 0.2) is 72.9 Å². The third-order valence-electron chi connectivity index (χ3n) is 3.93. The number of carbonyl (C=O) groups is 1. The highest BCUT2D eigenvalue weighted by Crippen LogP contribution is 2.29. The average molecular weight is 301 g/mol. The van der Waals surface area contributed by atoms with Gasteiger partial charge in [-0.1, -0.05) is 36.4 Å². The Morgan fingerprint density at radius 2 is 1.65 bits per heavy atom. The quantitative estimate of drug-likeness (QED) is 0.558. The van der Waals surface area contributed by atoms with Crippen molar-refractivity contribution in [3.63, 3.8) is 0 Å². The van der Waals surface area contributed by atoms with Gasteiger partial charge in [0.25, 0.3) is 0 Å². The minimum atomic E-state index is -0.0120. The minimum Gasteiger partial charge on any atom is -0.278 e. The third-order valence-corrected chi connectivity index (χ3v) is 3.93. The van der Waals surface area contributed by atoms with Gasteiger partial charge in [0.05, 0.1) is 28.8 Å². The molecule has 2 heterocycles. The smallest absolute Gasteiger partial charge is 0.228 e. The summed E-state index contributed by atoms with van der Waals surface area (Å²) >= 11 is 0. The molecule has 2 aromatic carbocycles. The van der Waals surface area contributed by atoms with Gasteiger partial charge in [-0.25, -0.2) is 4.68 Å². The van der Waals surface area contributed by atoms with Crippen LogP contribution in [0, 0.1) is 0 Å². The molecule has 0 aliphatic rings. The van der Waals surface area contributed by atoms with Crippen molar-refractivity contribution in [2.45, 2.75) is 6.92 Å². The molecule has 2 aromatic heterocycles. The number of para-hydroxylation sites is 2. The molecule has 0 amide bonds. The molecule has 0 N–H and O–H groups in total. The Morgan fingerprint density at radius 3 is 2.43 bits per heavy atom. The summed E-state index contributed by atoms with van der Waals surface area (Å²) in [7, 11) is 0. The number of hydrogen-bond donors (Lipinski definition) is 0. The zero-order valence-corrected chi connectivity index (χ0v) is 12.7. The zero-order valence-electron chi connectivity index (χ0n) is 12.7. The molecular formula is C19H15N3O. The van der Waals surface area contributed by atoms with Gasteiger partial charge in [-0.3, -0.25) is 9.36 Å². The summed E-state index contributed by atoms with van der Waals surface area (Å²) in [5.74, 6) is -0.0120. The fourth-order valence-corrected chi connectivity index (χ4v) is 2.95. The third kappa shape index (κ3) is 2.16. The molecule has 0 unspecified atom stereocenters. The predicted octanol–water partition coefficient (Wildman–Crippen LogP) is 4.15. The Labute approximate surface area is 133 Å². The largest absolute Gasteiger partial charge is 0.278 e. The van der Waals surface area contributed by atoms with Gasteiger partial charge < -0.3 is 0 Å². The molecule has 0 bridgehead atoms. The van der Waals surface area contributed by atoms with E-state index in [0.717, 1.165) is 28.0 Å². The van der Waals surface area contributed by atoms with Crippen LogP contribution in [0.4, 0.5) is 0 Å². The van der Waals surface area contributed by atoms with Crippen molar-refractivity contribution in [3.8, 4) is 17.1 Å². The van der Waals surface area contributed by atoms with E-state index in [1.807, 2.05) is 71.4 Å². The summed E-state index contributed by atoms with van der Waals surface area (Å²) in [6.07, 6.45) is 1.75. The van der Waals surface area contributed by atoms with E-state index in [-0.39, 0.29) is 5.91 Å². The van der Waals surface area contributed by atoms with Crippen LogP contribution >= 0.6 is 0 Å². The minimum absolute atomic E-state index is 0.0120. The maximum atomic E-state index is 12.2. The van der Waals surface area contributed by atoms with Crippen LogP contribution in [-0.4, -0.2) is 20.3 Å². The molecule has 0 spiro atoms. The van der Waals surface area contributed by atoms with Crippen molar-refractivity contribution in [2.75, 3.05) is 0 Å². The first-order valence-corrected chi connectivity index (χ1v) is 7.47. The SMILES string of the molecule is CC(=O)n1c(-c2ccnn2-c2ccccc2)cc2ccccc21. The van der Waals surface area contributed by atoms with E-state index in [2.05, 4.69) is 5.10 Å². The zero-order chi connectivity index (χ0) is 15.8. The second kappa shape index (κ2) is 5.25. The lowest BCUT2D eigenvalue weighted by Gasteiger charge is -2.10. The fourth-order valence-electron chi connectivity index (χ4n) is 2.95. The lowest BCUT2D eigenvalue weighted by atomic mass is 10.2. The highest BCUT2D eigenvalue weighted by atomic mass is 16.1. The fraction of sp³-hybridized carbons (Fsp3) is 0.0526. The molecule has 0 aliphatic heterocycles. The van der Waals surface area contributed by atoms with Crippen molar-refractivity contribution in [1.29, 1.82) is 0 Å². The van der Waals surface area contributed by atoms with Crippen molar-refractivity contribution >= 4 is 16.8 Å². The van der Waals surface area contributed by atoms with Crippen molar-refractivity contribution in [2.24, 2.45) is 0 Å². The molecule has 23 heavy (non-hydrogen) atoms. The molecule has 0 aliphatic carbocycles. The molecule has 0 saturated carbocycles. The van der Waals surface area contributed by atoms with Crippen LogP contribution in [0.3, 0.4) is 0 Å². The summed E-state index contributed by atoms with van der Waals surface area (Å²) in [6, 6.07) is 21.8. The summed E-state index contributed by atoms with van der Waals surface area (Å²) in [5, 5.41) is 5.47. The summed E-state index contributed by atoms with van der Waals surface area (Å²) in [4.78, 5) is 12.2. The van der Waals surface area contributed by atoms with E-state index >= 15 is 0 Å². The van der Waals surface area contributed by atoms with Crippen LogP contribution in [0.25, 0.3) is 28.0 Å².